The molecule has 0 aliphatic heterocycles. The number of nitrogens with zero attached hydrogens (tertiary/aromatic N) is 1. The van der Waals surface area contributed by atoms with Gasteiger partial charge in [-0.05, 0) is 55.3 Å². The third kappa shape index (κ3) is 3.45. The number of hydrogen-bond acceptors (Lipinski definition) is 2. The molecule has 0 fully saturated rings. The van der Waals surface area contributed by atoms with Crippen LogP contribution in [0.5, 0.6) is 0 Å². The van der Waals surface area contributed by atoms with Crippen LogP contribution >= 0.6 is 11.6 Å². The van der Waals surface area contributed by atoms with Gasteiger partial charge >= 0.3 is 0 Å². The predicted molar refractivity (Wildman–Crippen MR) is 89.0 cm³/mol. The van der Waals surface area contributed by atoms with Gasteiger partial charge in [0, 0.05) is 36.5 Å². The highest BCUT2D eigenvalue weighted by molar-refractivity contribution is 6.30. The lowest BCUT2D eigenvalue weighted by Crippen LogP contribution is -2.10. The molecular formula is C17H21ClN2. The summed E-state index contributed by atoms with van der Waals surface area (Å²) in [6.45, 7) is 4.27. The van der Waals surface area contributed by atoms with Crippen molar-refractivity contribution in [2.45, 2.75) is 19.9 Å². The van der Waals surface area contributed by atoms with Crippen molar-refractivity contribution in [2.75, 3.05) is 24.3 Å². The van der Waals surface area contributed by atoms with Crippen LogP contribution in [-0.2, 0) is 0 Å². The van der Waals surface area contributed by atoms with Gasteiger partial charge in [-0.1, -0.05) is 23.7 Å². The Balaban J connectivity index is 2.17. The highest BCUT2D eigenvalue weighted by Crippen LogP contribution is 2.26. The third-order valence-electron chi connectivity index (χ3n) is 3.45. The third-order valence-corrected chi connectivity index (χ3v) is 3.68. The molecule has 20 heavy (non-hydrogen) atoms. The van der Waals surface area contributed by atoms with Crippen LogP contribution in [0.2, 0.25) is 5.02 Å². The van der Waals surface area contributed by atoms with Crippen molar-refractivity contribution in [1.29, 1.82) is 0 Å². The monoisotopic (exact) mass is 288 g/mol. The first-order valence-corrected chi connectivity index (χ1v) is 7.15. The molecule has 1 atom stereocenters. The fourth-order valence-electron chi connectivity index (χ4n) is 2.18. The van der Waals surface area contributed by atoms with E-state index >= 15 is 0 Å². The number of nitrogens with one attached hydrogen (secondary N) is 1. The molecule has 0 radical (unpaired) electrons. The van der Waals surface area contributed by atoms with Gasteiger partial charge < -0.3 is 10.2 Å². The first-order chi connectivity index (χ1) is 9.47. The first kappa shape index (κ1) is 14.7. The number of rotatable bonds is 4. The van der Waals surface area contributed by atoms with E-state index in [1.54, 1.807) is 0 Å². The van der Waals surface area contributed by atoms with E-state index in [0.29, 0.717) is 0 Å². The molecule has 2 aromatic rings. The number of benzene rings is 2. The van der Waals surface area contributed by atoms with Crippen LogP contribution in [0, 0.1) is 6.92 Å². The molecule has 2 rings (SSSR count). The second kappa shape index (κ2) is 6.19. The maximum atomic E-state index is 6.05. The van der Waals surface area contributed by atoms with Crippen molar-refractivity contribution in [3.63, 3.8) is 0 Å². The summed E-state index contributed by atoms with van der Waals surface area (Å²) in [6.07, 6.45) is 0. The lowest BCUT2D eigenvalue weighted by Gasteiger charge is -2.20. The Labute approximate surface area is 126 Å². The number of halogens is 1. The molecule has 1 N–H and O–H groups in total. The molecule has 0 aliphatic carbocycles. The average Bonchev–Trinajstić information content (AvgIpc) is 2.40. The fraction of sp³-hybridized carbons (Fsp3) is 0.294. The maximum absolute atomic E-state index is 6.05. The van der Waals surface area contributed by atoms with E-state index in [1.165, 1.54) is 16.8 Å². The van der Waals surface area contributed by atoms with E-state index in [1.807, 2.05) is 18.2 Å². The lowest BCUT2D eigenvalue weighted by molar-refractivity contribution is 0.882. The summed E-state index contributed by atoms with van der Waals surface area (Å²) in [5.74, 6) is 0. The summed E-state index contributed by atoms with van der Waals surface area (Å²) in [5, 5.41) is 4.32. The average molecular weight is 289 g/mol. The SMILES string of the molecule is Cc1cc(N(C)C)ccc1NC(C)c1cccc(Cl)c1. The molecule has 1 unspecified atom stereocenters. The molecule has 0 amide bonds. The standard InChI is InChI=1S/C17H21ClN2/c1-12-10-16(20(3)4)8-9-17(12)19-13(2)14-6-5-7-15(18)11-14/h5-11,13,19H,1-4H3. The molecule has 3 heteroatoms. The Morgan fingerprint density at radius 2 is 1.85 bits per heavy atom. The zero-order valence-electron chi connectivity index (χ0n) is 12.4. The largest absolute Gasteiger partial charge is 0.378 e. The molecule has 0 aliphatic rings. The first-order valence-electron chi connectivity index (χ1n) is 6.77. The quantitative estimate of drug-likeness (QED) is 0.862. The lowest BCUT2D eigenvalue weighted by atomic mass is 10.1. The summed E-state index contributed by atoms with van der Waals surface area (Å²) < 4.78 is 0. The van der Waals surface area contributed by atoms with Gasteiger partial charge in [-0.25, -0.2) is 0 Å². The highest BCUT2D eigenvalue weighted by Gasteiger charge is 2.08. The smallest absolute Gasteiger partial charge is 0.0486 e. The molecule has 2 nitrogen and oxygen atoms in total. The van der Waals surface area contributed by atoms with E-state index in [9.17, 15) is 0 Å². The van der Waals surface area contributed by atoms with Gasteiger partial charge in [0.05, 0.1) is 0 Å². The van der Waals surface area contributed by atoms with Crippen molar-refractivity contribution < 1.29 is 0 Å². The second-order valence-electron chi connectivity index (χ2n) is 5.31. The van der Waals surface area contributed by atoms with Crippen LogP contribution in [0.15, 0.2) is 42.5 Å². The Morgan fingerprint density at radius 3 is 2.45 bits per heavy atom. The van der Waals surface area contributed by atoms with Gasteiger partial charge in [-0.3, -0.25) is 0 Å². The Morgan fingerprint density at radius 1 is 1.10 bits per heavy atom. The summed E-state index contributed by atoms with van der Waals surface area (Å²) in [5.41, 5.74) is 4.80. The van der Waals surface area contributed by atoms with Crippen molar-refractivity contribution >= 4 is 23.0 Å². The van der Waals surface area contributed by atoms with Crippen LogP contribution in [0.3, 0.4) is 0 Å². The molecule has 0 aromatic heterocycles. The summed E-state index contributed by atoms with van der Waals surface area (Å²) in [7, 11) is 4.10. The topological polar surface area (TPSA) is 15.3 Å². The minimum Gasteiger partial charge on any atom is -0.378 e. The number of hydrogen-bond donors (Lipinski definition) is 1. The minimum atomic E-state index is 0.220. The van der Waals surface area contributed by atoms with Gasteiger partial charge in [0.15, 0.2) is 0 Å². The van der Waals surface area contributed by atoms with Gasteiger partial charge in [0.2, 0.25) is 0 Å². The molecule has 0 bridgehead atoms. The molecular weight excluding hydrogens is 268 g/mol. The summed E-state index contributed by atoms with van der Waals surface area (Å²) in [6, 6.07) is 14.6. The number of aryl methyl sites for hydroxylation is 1. The molecule has 0 spiro atoms. The van der Waals surface area contributed by atoms with Crippen LogP contribution in [0.4, 0.5) is 11.4 Å². The van der Waals surface area contributed by atoms with Crippen LogP contribution in [0.25, 0.3) is 0 Å². The zero-order valence-corrected chi connectivity index (χ0v) is 13.2. The summed E-state index contributed by atoms with van der Waals surface area (Å²) in [4.78, 5) is 2.11. The van der Waals surface area contributed by atoms with E-state index in [4.69, 9.17) is 11.6 Å². The van der Waals surface area contributed by atoms with Gasteiger partial charge in [0.25, 0.3) is 0 Å². The van der Waals surface area contributed by atoms with Crippen molar-refractivity contribution in [3.05, 3.63) is 58.6 Å². The summed E-state index contributed by atoms with van der Waals surface area (Å²) >= 11 is 6.05. The van der Waals surface area contributed by atoms with Gasteiger partial charge in [0.1, 0.15) is 0 Å². The Hall–Kier alpha value is -1.67. The van der Waals surface area contributed by atoms with E-state index in [2.05, 4.69) is 62.4 Å². The zero-order chi connectivity index (χ0) is 14.7. The van der Waals surface area contributed by atoms with Crippen LogP contribution in [0.1, 0.15) is 24.1 Å². The van der Waals surface area contributed by atoms with Crippen molar-refractivity contribution in [1.82, 2.24) is 0 Å². The minimum absolute atomic E-state index is 0.220. The van der Waals surface area contributed by atoms with Crippen LogP contribution in [-0.4, -0.2) is 14.1 Å². The van der Waals surface area contributed by atoms with E-state index in [0.717, 1.165) is 10.7 Å². The number of anilines is 2. The van der Waals surface area contributed by atoms with Gasteiger partial charge in [-0.15, -0.1) is 0 Å². The van der Waals surface area contributed by atoms with Gasteiger partial charge in [-0.2, -0.15) is 0 Å². The molecule has 0 saturated carbocycles. The normalized spacial score (nSPS) is 12.1. The van der Waals surface area contributed by atoms with E-state index < -0.39 is 0 Å². The van der Waals surface area contributed by atoms with Crippen LogP contribution < -0.4 is 10.2 Å². The fourth-order valence-corrected chi connectivity index (χ4v) is 2.38. The van der Waals surface area contributed by atoms with E-state index in [-0.39, 0.29) is 6.04 Å². The predicted octanol–water partition coefficient (Wildman–Crippen LogP) is 4.89. The Bertz CT molecular complexity index is 593. The second-order valence-corrected chi connectivity index (χ2v) is 5.75. The van der Waals surface area contributed by atoms with Crippen molar-refractivity contribution in [2.24, 2.45) is 0 Å². The molecule has 106 valence electrons. The highest BCUT2D eigenvalue weighted by atomic mass is 35.5. The maximum Gasteiger partial charge on any atom is 0.0486 e. The molecule has 0 saturated heterocycles. The molecule has 2 aromatic carbocycles. The van der Waals surface area contributed by atoms with Crippen molar-refractivity contribution in [3.8, 4) is 0 Å². The Kier molecular flexibility index (Phi) is 4.56. The molecule has 0 heterocycles.